The average Bonchev–Trinajstić information content (AvgIpc) is 2.36. The van der Waals surface area contributed by atoms with E-state index < -0.39 is 22.7 Å². The second-order valence-electron chi connectivity index (χ2n) is 4.36. The van der Waals surface area contributed by atoms with Crippen LogP contribution in [0.15, 0.2) is 46.2 Å². The molecule has 108 valence electrons. The van der Waals surface area contributed by atoms with Crippen LogP contribution >= 0.6 is 0 Å². The molecule has 2 aliphatic rings. The Morgan fingerprint density at radius 3 is 2.75 bits per heavy atom. The number of carbonyl (C=O) groups is 1. The highest BCUT2D eigenvalue weighted by Crippen LogP contribution is 2.35. The van der Waals surface area contributed by atoms with Crippen LogP contribution in [0, 0.1) is 5.92 Å². The number of hydrogen-bond donors (Lipinski definition) is 3. The standard InChI is InChI=1S/C12H13NO6S/c13-12-9-3-2-8(20(16,17)18)5-7(9)1-4-10(12)19-6-11(14)15/h1-4,7H,5-6,13H2,(H,14,15)(H,16,17,18). The number of hydrogen-bond acceptors (Lipinski definition) is 5. The van der Waals surface area contributed by atoms with Crippen molar-refractivity contribution in [3.63, 3.8) is 0 Å². The van der Waals surface area contributed by atoms with Gasteiger partial charge in [-0.05, 0) is 24.1 Å². The lowest BCUT2D eigenvalue weighted by atomic mass is 9.85. The van der Waals surface area contributed by atoms with Gasteiger partial charge in [-0.2, -0.15) is 8.42 Å². The Kier molecular flexibility index (Phi) is 3.69. The van der Waals surface area contributed by atoms with Crippen LogP contribution in [0.3, 0.4) is 0 Å². The molecule has 2 aliphatic carbocycles. The molecule has 8 heteroatoms. The van der Waals surface area contributed by atoms with Crippen molar-refractivity contribution in [2.24, 2.45) is 11.7 Å². The number of aliphatic carboxylic acids is 1. The molecule has 0 aliphatic heterocycles. The van der Waals surface area contributed by atoms with Gasteiger partial charge in [-0.3, -0.25) is 4.55 Å². The smallest absolute Gasteiger partial charge is 0.341 e. The van der Waals surface area contributed by atoms with E-state index in [0.717, 1.165) is 0 Å². The first kappa shape index (κ1) is 14.4. The van der Waals surface area contributed by atoms with E-state index in [1.807, 2.05) is 0 Å². The van der Waals surface area contributed by atoms with E-state index in [0.29, 0.717) is 5.57 Å². The second kappa shape index (κ2) is 5.14. The van der Waals surface area contributed by atoms with Gasteiger partial charge in [0.25, 0.3) is 10.1 Å². The highest BCUT2D eigenvalue weighted by molar-refractivity contribution is 7.89. The van der Waals surface area contributed by atoms with Gasteiger partial charge >= 0.3 is 5.97 Å². The summed E-state index contributed by atoms with van der Waals surface area (Å²) in [7, 11) is -4.21. The summed E-state index contributed by atoms with van der Waals surface area (Å²) >= 11 is 0. The van der Waals surface area contributed by atoms with E-state index in [2.05, 4.69) is 0 Å². The molecule has 20 heavy (non-hydrogen) atoms. The summed E-state index contributed by atoms with van der Waals surface area (Å²) in [6.45, 7) is -0.509. The third-order valence-electron chi connectivity index (χ3n) is 3.01. The zero-order valence-electron chi connectivity index (χ0n) is 10.3. The third kappa shape index (κ3) is 2.91. The summed E-state index contributed by atoms with van der Waals surface area (Å²) in [5.74, 6) is -1.17. The monoisotopic (exact) mass is 299 g/mol. The maximum absolute atomic E-state index is 11.1. The minimum atomic E-state index is -4.21. The Bertz CT molecular complexity index is 668. The number of carboxylic acid groups (broad SMARTS) is 1. The van der Waals surface area contributed by atoms with Crippen molar-refractivity contribution in [1.82, 2.24) is 0 Å². The molecule has 0 aromatic carbocycles. The van der Waals surface area contributed by atoms with Gasteiger partial charge in [0.1, 0.15) is 5.76 Å². The fourth-order valence-corrected chi connectivity index (χ4v) is 2.68. The Morgan fingerprint density at radius 2 is 2.15 bits per heavy atom. The maximum atomic E-state index is 11.1. The normalized spacial score (nSPS) is 21.9. The number of nitrogens with two attached hydrogens (primary N) is 1. The SMILES string of the molecule is NC1=C(OCC(=O)O)C=CC2CC(S(=O)(=O)O)=CC=C12. The molecule has 7 nitrogen and oxygen atoms in total. The lowest BCUT2D eigenvalue weighted by molar-refractivity contribution is -0.140. The summed E-state index contributed by atoms with van der Waals surface area (Å²) < 4.78 is 36.2. The summed E-state index contributed by atoms with van der Waals surface area (Å²) in [5, 5.41) is 8.56. The fraction of sp³-hybridized carbons (Fsp3) is 0.250. The van der Waals surface area contributed by atoms with Crippen molar-refractivity contribution in [1.29, 1.82) is 0 Å². The molecule has 4 N–H and O–H groups in total. The van der Waals surface area contributed by atoms with Gasteiger partial charge in [-0.25, -0.2) is 4.79 Å². The van der Waals surface area contributed by atoms with Crippen molar-refractivity contribution in [2.45, 2.75) is 6.42 Å². The van der Waals surface area contributed by atoms with Crippen molar-refractivity contribution in [3.05, 3.63) is 46.2 Å². The predicted octanol–water partition coefficient (Wildman–Crippen LogP) is 0.546. The quantitative estimate of drug-likeness (QED) is 0.647. The largest absolute Gasteiger partial charge is 0.480 e. The van der Waals surface area contributed by atoms with Gasteiger partial charge in [0.05, 0.1) is 10.6 Å². The average molecular weight is 299 g/mol. The molecule has 2 rings (SSSR count). The minimum Gasteiger partial charge on any atom is -0.480 e. The highest BCUT2D eigenvalue weighted by atomic mass is 32.2. The van der Waals surface area contributed by atoms with Crippen LogP contribution in [0.2, 0.25) is 0 Å². The number of fused-ring (bicyclic) bond motifs is 1. The highest BCUT2D eigenvalue weighted by Gasteiger charge is 2.28. The molecule has 0 aromatic heterocycles. The van der Waals surface area contributed by atoms with Crippen LogP contribution in [-0.2, 0) is 19.6 Å². The predicted molar refractivity (Wildman–Crippen MR) is 69.8 cm³/mol. The molecule has 0 fully saturated rings. The van der Waals surface area contributed by atoms with Crippen LogP contribution in [0.1, 0.15) is 6.42 Å². The Labute approximate surface area is 115 Å². The van der Waals surface area contributed by atoms with Crippen LogP contribution < -0.4 is 5.73 Å². The molecule has 1 unspecified atom stereocenters. The van der Waals surface area contributed by atoms with Gasteiger partial charge in [0.15, 0.2) is 6.61 Å². The first-order valence-electron chi connectivity index (χ1n) is 5.70. The van der Waals surface area contributed by atoms with E-state index >= 15 is 0 Å². The fourth-order valence-electron chi connectivity index (χ4n) is 2.05. The van der Waals surface area contributed by atoms with Crippen molar-refractivity contribution in [2.75, 3.05) is 6.61 Å². The van der Waals surface area contributed by atoms with Crippen molar-refractivity contribution in [3.8, 4) is 0 Å². The molecule has 0 aromatic rings. The number of rotatable bonds is 4. The molecule has 0 radical (unpaired) electrons. The molecule has 0 amide bonds. The summed E-state index contributed by atoms with van der Waals surface area (Å²) in [4.78, 5) is 10.4. The van der Waals surface area contributed by atoms with Gasteiger partial charge in [0, 0.05) is 5.92 Å². The number of carboxylic acids is 1. The molecule has 1 atom stereocenters. The van der Waals surface area contributed by atoms with Crippen molar-refractivity contribution >= 4 is 16.1 Å². The summed E-state index contributed by atoms with van der Waals surface area (Å²) in [5.41, 5.74) is 6.78. The molecule has 0 spiro atoms. The van der Waals surface area contributed by atoms with Gasteiger partial charge in [0.2, 0.25) is 0 Å². The number of allylic oxidation sites excluding steroid dienone is 6. The maximum Gasteiger partial charge on any atom is 0.341 e. The molecule has 0 heterocycles. The van der Waals surface area contributed by atoms with E-state index in [9.17, 15) is 13.2 Å². The summed E-state index contributed by atoms with van der Waals surface area (Å²) in [6.07, 6.45) is 6.04. The van der Waals surface area contributed by atoms with Gasteiger partial charge in [-0.15, -0.1) is 0 Å². The topological polar surface area (TPSA) is 127 Å². The van der Waals surface area contributed by atoms with Gasteiger partial charge < -0.3 is 15.6 Å². The van der Waals surface area contributed by atoms with E-state index in [1.54, 1.807) is 6.08 Å². The van der Waals surface area contributed by atoms with Crippen LogP contribution in [-0.4, -0.2) is 30.7 Å². The molecule has 0 saturated heterocycles. The first-order valence-corrected chi connectivity index (χ1v) is 7.14. The molecule has 0 saturated carbocycles. The molecular formula is C12H13NO6S. The van der Waals surface area contributed by atoms with Crippen LogP contribution in [0.5, 0.6) is 0 Å². The second-order valence-corrected chi connectivity index (χ2v) is 5.83. The molecule has 0 bridgehead atoms. The molecular weight excluding hydrogens is 286 g/mol. The Balaban J connectivity index is 2.29. The van der Waals surface area contributed by atoms with E-state index in [4.69, 9.17) is 20.1 Å². The summed E-state index contributed by atoms with van der Waals surface area (Å²) in [6, 6.07) is 0. The zero-order valence-corrected chi connectivity index (χ0v) is 11.1. The van der Waals surface area contributed by atoms with Crippen molar-refractivity contribution < 1.29 is 27.6 Å². The zero-order chi connectivity index (χ0) is 14.9. The van der Waals surface area contributed by atoms with Gasteiger partial charge in [-0.1, -0.05) is 12.2 Å². The Hall–Kier alpha value is -2.06. The first-order chi connectivity index (χ1) is 9.29. The van der Waals surface area contributed by atoms with E-state index in [1.165, 1.54) is 18.2 Å². The minimum absolute atomic E-state index is 0.0846. The lowest BCUT2D eigenvalue weighted by Gasteiger charge is -2.26. The number of ether oxygens (including phenoxy) is 1. The van der Waals surface area contributed by atoms with E-state index in [-0.39, 0.29) is 28.7 Å². The third-order valence-corrected chi connectivity index (χ3v) is 3.97. The Morgan fingerprint density at radius 1 is 1.45 bits per heavy atom. The van der Waals surface area contributed by atoms with Crippen LogP contribution in [0.4, 0.5) is 0 Å². The lowest BCUT2D eigenvalue weighted by Crippen LogP contribution is -2.21. The van der Waals surface area contributed by atoms with Crippen LogP contribution in [0.25, 0.3) is 0 Å².